The van der Waals surface area contributed by atoms with Crippen LogP contribution in [0.15, 0.2) is 35.8 Å². The molecule has 0 aliphatic heterocycles. The minimum atomic E-state index is -0.562. The Hall–Kier alpha value is -3.14. The number of carbonyl (C=O) groups excluding carboxylic acids is 2. The van der Waals surface area contributed by atoms with E-state index >= 15 is 0 Å². The van der Waals surface area contributed by atoms with Crippen molar-refractivity contribution in [2.45, 2.75) is 44.2 Å². The number of methoxy groups -OCH3 is 1. The van der Waals surface area contributed by atoms with E-state index < -0.39 is 5.97 Å². The summed E-state index contributed by atoms with van der Waals surface area (Å²) in [5, 5.41) is 10.3. The molecule has 0 saturated heterocycles. The van der Waals surface area contributed by atoms with Crippen LogP contribution < -0.4 is 0 Å². The SMILES string of the molecule is COC(=O)c1cn([C@@H]2CCCC[C@H]2OC(=O)Cc2csc(-c3cccc(F)c3)n2)nn1. The van der Waals surface area contributed by atoms with E-state index in [1.54, 1.807) is 22.2 Å². The molecule has 0 radical (unpaired) electrons. The topological polar surface area (TPSA) is 96.2 Å². The van der Waals surface area contributed by atoms with Gasteiger partial charge >= 0.3 is 11.9 Å². The summed E-state index contributed by atoms with van der Waals surface area (Å²) >= 11 is 1.35. The average molecular weight is 444 g/mol. The molecule has 0 unspecified atom stereocenters. The largest absolute Gasteiger partial charge is 0.464 e. The van der Waals surface area contributed by atoms with Gasteiger partial charge in [0, 0.05) is 10.9 Å². The fourth-order valence-corrected chi connectivity index (χ4v) is 4.47. The molecule has 2 aromatic heterocycles. The fraction of sp³-hybridized carbons (Fsp3) is 0.381. The summed E-state index contributed by atoms with van der Waals surface area (Å²) in [6.45, 7) is 0. The van der Waals surface area contributed by atoms with Crippen LogP contribution in [0.2, 0.25) is 0 Å². The lowest BCUT2D eigenvalue weighted by molar-refractivity contribution is -0.152. The van der Waals surface area contributed by atoms with Crippen molar-refractivity contribution in [3.05, 3.63) is 53.0 Å². The summed E-state index contributed by atoms with van der Waals surface area (Å²) in [5.74, 6) is -1.28. The van der Waals surface area contributed by atoms with Gasteiger partial charge in [0.25, 0.3) is 0 Å². The normalized spacial score (nSPS) is 18.5. The minimum Gasteiger partial charge on any atom is -0.464 e. The van der Waals surface area contributed by atoms with E-state index in [0.717, 1.165) is 19.3 Å². The Morgan fingerprint density at radius 1 is 1.29 bits per heavy atom. The van der Waals surface area contributed by atoms with Crippen molar-refractivity contribution in [2.24, 2.45) is 0 Å². The number of esters is 2. The predicted molar refractivity (Wildman–Crippen MR) is 110 cm³/mol. The van der Waals surface area contributed by atoms with Crippen molar-refractivity contribution in [3.8, 4) is 10.6 Å². The molecule has 1 fully saturated rings. The number of hydrogen-bond acceptors (Lipinski definition) is 8. The van der Waals surface area contributed by atoms with Gasteiger partial charge < -0.3 is 9.47 Å². The highest BCUT2D eigenvalue weighted by atomic mass is 32.1. The number of carbonyl (C=O) groups is 2. The Morgan fingerprint density at radius 2 is 2.13 bits per heavy atom. The number of benzene rings is 1. The van der Waals surface area contributed by atoms with Gasteiger partial charge in [-0.1, -0.05) is 23.8 Å². The van der Waals surface area contributed by atoms with E-state index in [4.69, 9.17) is 4.74 Å². The first-order valence-corrected chi connectivity index (χ1v) is 10.8. The van der Waals surface area contributed by atoms with Crippen molar-refractivity contribution >= 4 is 23.3 Å². The predicted octanol–water partition coefficient (Wildman–Crippen LogP) is 3.60. The lowest BCUT2D eigenvalue weighted by atomic mass is 9.92. The van der Waals surface area contributed by atoms with Crippen LogP contribution in [0.3, 0.4) is 0 Å². The maximum absolute atomic E-state index is 13.4. The van der Waals surface area contributed by atoms with Crippen LogP contribution in [0.25, 0.3) is 10.6 Å². The average Bonchev–Trinajstić information content (AvgIpc) is 3.43. The third kappa shape index (κ3) is 4.96. The smallest absolute Gasteiger partial charge is 0.360 e. The van der Waals surface area contributed by atoms with E-state index in [9.17, 15) is 14.0 Å². The number of hydrogen-bond donors (Lipinski definition) is 0. The number of rotatable bonds is 6. The summed E-state index contributed by atoms with van der Waals surface area (Å²) in [6.07, 6.45) is 4.56. The van der Waals surface area contributed by atoms with Crippen molar-refractivity contribution in [3.63, 3.8) is 0 Å². The number of aromatic nitrogens is 4. The molecule has 31 heavy (non-hydrogen) atoms. The van der Waals surface area contributed by atoms with Crippen LogP contribution >= 0.6 is 11.3 Å². The molecule has 10 heteroatoms. The number of thiazole rings is 1. The van der Waals surface area contributed by atoms with Crippen molar-refractivity contribution < 1.29 is 23.5 Å². The summed E-state index contributed by atoms with van der Waals surface area (Å²) in [5.41, 5.74) is 1.37. The highest BCUT2D eigenvalue weighted by molar-refractivity contribution is 7.13. The van der Waals surface area contributed by atoms with Gasteiger partial charge in [-0.3, -0.25) is 4.79 Å². The van der Waals surface area contributed by atoms with E-state index in [1.807, 2.05) is 0 Å². The van der Waals surface area contributed by atoms with Gasteiger partial charge in [0.2, 0.25) is 0 Å². The third-order valence-electron chi connectivity index (χ3n) is 5.14. The molecular weight excluding hydrogens is 423 g/mol. The zero-order valence-corrected chi connectivity index (χ0v) is 17.7. The van der Waals surface area contributed by atoms with Gasteiger partial charge in [0.1, 0.15) is 16.9 Å². The molecule has 0 amide bonds. The second kappa shape index (κ2) is 9.34. The van der Waals surface area contributed by atoms with Gasteiger partial charge in [-0.05, 0) is 31.4 Å². The Kier molecular flexibility index (Phi) is 6.36. The molecule has 0 N–H and O–H groups in total. The third-order valence-corrected chi connectivity index (χ3v) is 6.08. The molecule has 4 rings (SSSR count). The first kappa shape index (κ1) is 21.1. The van der Waals surface area contributed by atoms with Crippen LogP contribution in [0, 0.1) is 5.82 Å². The van der Waals surface area contributed by atoms with Crippen LogP contribution in [-0.4, -0.2) is 45.1 Å². The van der Waals surface area contributed by atoms with E-state index in [1.165, 1.54) is 36.8 Å². The molecule has 162 valence electrons. The van der Waals surface area contributed by atoms with E-state index in [-0.39, 0.29) is 36.0 Å². The summed E-state index contributed by atoms with van der Waals surface area (Å²) in [7, 11) is 1.28. The number of halogens is 1. The van der Waals surface area contributed by atoms with Crippen LogP contribution in [0.1, 0.15) is 47.9 Å². The summed E-state index contributed by atoms with van der Waals surface area (Å²) < 4.78 is 25.4. The molecule has 8 nitrogen and oxygen atoms in total. The van der Waals surface area contributed by atoms with Gasteiger partial charge in [-0.2, -0.15) is 0 Å². The van der Waals surface area contributed by atoms with Gasteiger partial charge in [-0.25, -0.2) is 18.9 Å². The van der Waals surface area contributed by atoms with E-state index in [0.29, 0.717) is 22.7 Å². The van der Waals surface area contributed by atoms with Gasteiger partial charge in [0.15, 0.2) is 5.69 Å². The summed E-state index contributed by atoms with van der Waals surface area (Å²) in [4.78, 5) is 28.7. The maximum Gasteiger partial charge on any atom is 0.360 e. The Bertz CT molecular complexity index is 1080. The lowest BCUT2D eigenvalue weighted by Crippen LogP contribution is -2.33. The van der Waals surface area contributed by atoms with Crippen molar-refractivity contribution in [1.82, 2.24) is 20.0 Å². The first-order valence-electron chi connectivity index (χ1n) is 9.93. The Labute approximate surface area is 182 Å². The first-order chi connectivity index (χ1) is 15.0. The van der Waals surface area contributed by atoms with Crippen LogP contribution in [0.4, 0.5) is 4.39 Å². The second-order valence-corrected chi connectivity index (χ2v) is 8.14. The molecule has 0 bridgehead atoms. The Balaban J connectivity index is 1.41. The summed E-state index contributed by atoms with van der Waals surface area (Å²) in [6, 6.07) is 5.99. The molecule has 3 aromatic rings. The molecule has 1 aromatic carbocycles. The molecule has 2 heterocycles. The maximum atomic E-state index is 13.4. The fourth-order valence-electron chi connectivity index (χ4n) is 3.65. The highest BCUT2D eigenvalue weighted by Gasteiger charge is 2.31. The van der Waals surface area contributed by atoms with Gasteiger partial charge in [-0.15, -0.1) is 16.4 Å². The molecular formula is C21H21FN4O4S. The number of ether oxygens (including phenoxy) is 2. The van der Waals surface area contributed by atoms with Crippen LogP contribution in [0.5, 0.6) is 0 Å². The molecule has 1 aliphatic rings. The second-order valence-electron chi connectivity index (χ2n) is 7.29. The molecule has 2 atom stereocenters. The zero-order chi connectivity index (χ0) is 21.8. The molecule has 1 aliphatic carbocycles. The van der Waals surface area contributed by atoms with Crippen molar-refractivity contribution in [1.29, 1.82) is 0 Å². The monoisotopic (exact) mass is 444 g/mol. The molecule has 1 saturated carbocycles. The molecule has 0 spiro atoms. The van der Waals surface area contributed by atoms with Crippen molar-refractivity contribution in [2.75, 3.05) is 7.11 Å². The Morgan fingerprint density at radius 3 is 2.94 bits per heavy atom. The zero-order valence-electron chi connectivity index (χ0n) is 16.9. The minimum absolute atomic E-state index is 0.0276. The van der Waals surface area contributed by atoms with Crippen LogP contribution in [-0.2, 0) is 20.7 Å². The van der Waals surface area contributed by atoms with E-state index in [2.05, 4.69) is 20.0 Å². The lowest BCUT2D eigenvalue weighted by Gasteiger charge is -2.30. The standard InChI is InChI=1S/C21H21FN4O4S/c1-29-21(28)16-11-26(25-24-16)17-7-2-3-8-18(17)30-19(27)10-15-12-31-20(23-15)13-5-4-6-14(22)9-13/h4-6,9,11-12,17-18H,2-3,7-8,10H2,1H3/t17-,18-/m1/s1. The highest BCUT2D eigenvalue weighted by Crippen LogP contribution is 2.31. The quantitative estimate of drug-likeness (QED) is 0.536. The van der Waals surface area contributed by atoms with Gasteiger partial charge in [0.05, 0.1) is 31.5 Å². The number of nitrogens with zero attached hydrogens (tertiary/aromatic N) is 4.